The fourth-order valence-electron chi connectivity index (χ4n) is 2.27. The van der Waals surface area contributed by atoms with Gasteiger partial charge >= 0.3 is 0 Å². The lowest BCUT2D eigenvalue weighted by atomic mass is 9.80. The average molecular weight is 268 g/mol. The molecule has 1 aliphatic heterocycles. The number of benzene rings is 1. The third-order valence-electron chi connectivity index (χ3n) is 3.74. The smallest absolute Gasteiger partial charge is 0.263 e. The molecule has 1 unspecified atom stereocenters. The first-order chi connectivity index (χ1) is 9.37. The van der Waals surface area contributed by atoms with Crippen LogP contribution >= 0.6 is 0 Å². The molecule has 4 nitrogen and oxygen atoms in total. The molecule has 1 atom stereocenters. The van der Waals surface area contributed by atoms with Crippen molar-refractivity contribution < 1.29 is 9.59 Å². The predicted molar refractivity (Wildman–Crippen MR) is 75.6 cm³/mol. The number of hydrogen-bond donors (Lipinski definition) is 1. The van der Waals surface area contributed by atoms with Crippen LogP contribution in [0.5, 0.6) is 0 Å². The summed E-state index contributed by atoms with van der Waals surface area (Å²) in [4.78, 5) is 23.8. The van der Waals surface area contributed by atoms with E-state index in [1.54, 1.807) is 6.92 Å². The normalized spacial score (nSPS) is 22.2. The minimum atomic E-state index is -0.947. The van der Waals surface area contributed by atoms with Gasteiger partial charge in [0.05, 0.1) is 5.54 Å². The quantitative estimate of drug-likeness (QED) is 0.893. The van der Waals surface area contributed by atoms with E-state index >= 15 is 0 Å². The second kappa shape index (κ2) is 4.93. The molecule has 1 heterocycles. The van der Waals surface area contributed by atoms with E-state index in [2.05, 4.69) is 5.32 Å². The summed E-state index contributed by atoms with van der Waals surface area (Å²) in [6, 6.07) is 9.55. The summed E-state index contributed by atoms with van der Waals surface area (Å²) < 4.78 is 0. The summed E-state index contributed by atoms with van der Waals surface area (Å²) in [5, 5.41) is 11.8. The van der Waals surface area contributed by atoms with Crippen LogP contribution in [0.3, 0.4) is 0 Å². The maximum absolute atomic E-state index is 12.1. The first kappa shape index (κ1) is 14.0. The molecule has 1 N–H and O–H groups in total. The third-order valence-corrected chi connectivity index (χ3v) is 3.74. The summed E-state index contributed by atoms with van der Waals surface area (Å²) in [6.45, 7) is 5.11. The van der Waals surface area contributed by atoms with Crippen LogP contribution in [0.25, 0.3) is 5.57 Å². The van der Waals surface area contributed by atoms with Gasteiger partial charge in [0, 0.05) is 6.42 Å². The van der Waals surface area contributed by atoms with Crippen molar-refractivity contribution in [3.8, 4) is 6.07 Å². The molecule has 0 saturated heterocycles. The van der Waals surface area contributed by atoms with Gasteiger partial charge < -0.3 is 5.32 Å². The number of rotatable bonds is 2. The van der Waals surface area contributed by atoms with Crippen molar-refractivity contribution in [2.45, 2.75) is 32.7 Å². The summed E-state index contributed by atoms with van der Waals surface area (Å²) in [5.41, 5.74) is 1.69. The number of carbonyl (C=O) groups excluding carboxylic acids is 2. The van der Waals surface area contributed by atoms with E-state index in [9.17, 15) is 14.9 Å². The molecule has 0 fully saturated rings. The summed E-state index contributed by atoms with van der Waals surface area (Å²) >= 11 is 0. The topological polar surface area (TPSA) is 70.0 Å². The summed E-state index contributed by atoms with van der Waals surface area (Å²) in [5.74, 6) is -0.598. The van der Waals surface area contributed by atoms with Crippen molar-refractivity contribution in [1.82, 2.24) is 5.32 Å². The van der Waals surface area contributed by atoms with Crippen molar-refractivity contribution in [2.75, 3.05) is 0 Å². The van der Waals surface area contributed by atoms with Crippen LogP contribution in [0.1, 0.15) is 31.4 Å². The van der Waals surface area contributed by atoms with E-state index in [1.165, 1.54) is 6.92 Å². The largest absolute Gasteiger partial charge is 0.339 e. The Hall–Kier alpha value is -2.41. The summed E-state index contributed by atoms with van der Waals surface area (Å²) in [7, 11) is 0. The Labute approximate surface area is 118 Å². The zero-order chi connectivity index (χ0) is 14.9. The molecule has 1 aromatic rings. The standard InChI is InChI=1S/C16H16N2O2/c1-10-4-6-12(7-5-10)13-8-16(3,11(2)19)18-15(20)14(13)9-17/h4-7H,8H2,1-3H3,(H,18,20). The number of aryl methyl sites for hydroxylation is 1. The van der Waals surface area contributed by atoms with Gasteiger partial charge in [0.1, 0.15) is 11.6 Å². The van der Waals surface area contributed by atoms with Crippen LogP contribution in [-0.4, -0.2) is 17.2 Å². The van der Waals surface area contributed by atoms with Gasteiger partial charge in [0.2, 0.25) is 0 Å². The SMILES string of the molecule is CC(=O)C1(C)CC(c2ccc(C)cc2)=C(C#N)C(=O)N1. The number of nitrogens with one attached hydrogen (secondary N) is 1. The van der Waals surface area contributed by atoms with Crippen LogP contribution in [0.15, 0.2) is 29.8 Å². The molecule has 0 aromatic heterocycles. The van der Waals surface area contributed by atoms with Gasteiger partial charge in [-0.3, -0.25) is 9.59 Å². The zero-order valence-electron chi connectivity index (χ0n) is 11.8. The van der Waals surface area contributed by atoms with E-state index in [0.717, 1.165) is 11.1 Å². The number of carbonyl (C=O) groups is 2. The number of Topliss-reactive ketones (excluding diaryl/α,β-unsaturated/α-hetero) is 1. The molecular weight excluding hydrogens is 252 g/mol. The Morgan fingerprint density at radius 1 is 1.35 bits per heavy atom. The van der Waals surface area contributed by atoms with Crippen molar-refractivity contribution in [1.29, 1.82) is 5.26 Å². The van der Waals surface area contributed by atoms with Gasteiger partial charge in [-0.05, 0) is 31.9 Å². The Morgan fingerprint density at radius 2 is 1.95 bits per heavy atom. The van der Waals surface area contributed by atoms with Gasteiger partial charge in [0.15, 0.2) is 5.78 Å². The highest BCUT2D eigenvalue weighted by Crippen LogP contribution is 2.33. The van der Waals surface area contributed by atoms with Crippen LogP contribution in [0, 0.1) is 18.3 Å². The Balaban J connectivity index is 2.56. The molecule has 0 bridgehead atoms. The maximum Gasteiger partial charge on any atom is 0.263 e. The van der Waals surface area contributed by atoms with E-state index < -0.39 is 11.4 Å². The Morgan fingerprint density at radius 3 is 2.45 bits per heavy atom. The first-order valence-electron chi connectivity index (χ1n) is 6.41. The highest BCUT2D eigenvalue weighted by molar-refractivity contribution is 6.10. The maximum atomic E-state index is 12.1. The number of hydrogen-bond acceptors (Lipinski definition) is 3. The zero-order valence-corrected chi connectivity index (χ0v) is 11.8. The van der Waals surface area contributed by atoms with Crippen molar-refractivity contribution >= 4 is 17.3 Å². The Kier molecular flexibility index (Phi) is 3.46. The Bertz CT molecular complexity index is 650. The fraction of sp³-hybridized carbons (Fsp3) is 0.312. The second-order valence-corrected chi connectivity index (χ2v) is 5.35. The molecule has 0 saturated carbocycles. The molecule has 1 aromatic carbocycles. The summed E-state index contributed by atoms with van der Waals surface area (Å²) in [6.07, 6.45) is 0.333. The highest BCUT2D eigenvalue weighted by atomic mass is 16.2. The molecular formula is C16H16N2O2. The molecule has 4 heteroatoms. The monoisotopic (exact) mass is 268 g/mol. The van der Waals surface area contributed by atoms with Crippen LogP contribution < -0.4 is 5.32 Å². The molecule has 102 valence electrons. The molecule has 20 heavy (non-hydrogen) atoms. The van der Waals surface area contributed by atoms with E-state index in [4.69, 9.17) is 0 Å². The van der Waals surface area contributed by atoms with Crippen LogP contribution in [0.4, 0.5) is 0 Å². The predicted octanol–water partition coefficient (Wildman–Crippen LogP) is 2.14. The molecule has 0 spiro atoms. The average Bonchev–Trinajstić information content (AvgIpc) is 2.38. The second-order valence-electron chi connectivity index (χ2n) is 5.35. The van der Waals surface area contributed by atoms with E-state index in [-0.39, 0.29) is 11.4 Å². The molecule has 0 aliphatic carbocycles. The van der Waals surface area contributed by atoms with Gasteiger partial charge in [-0.15, -0.1) is 0 Å². The minimum Gasteiger partial charge on any atom is -0.339 e. The molecule has 1 amide bonds. The van der Waals surface area contributed by atoms with Crippen molar-refractivity contribution in [2.24, 2.45) is 0 Å². The lowest BCUT2D eigenvalue weighted by Crippen LogP contribution is -2.54. The minimum absolute atomic E-state index is 0.0904. The first-order valence-corrected chi connectivity index (χ1v) is 6.41. The van der Waals surface area contributed by atoms with Gasteiger partial charge in [-0.1, -0.05) is 29.8 Å². The number of nitriles is 1. The molecule has 2 rings (SSSR count). The van der Waals surface area contributed by atoms with E-state index in [0.29, 0.717) is 12.0 Å². The highest BCUT2D eigenvalue weighted by Gasteiger charge is 2.39. The van der Waals surface area contributed by atoms with Crippen molar-refractivity contribution in [3.63, 3.8) is 0 Å². The molecule has 0 radical (unpaired) electrons. The third kappa shape index (κ3) is 2.35. The van der Waals surface area contributed by atoms with E-state index in [1.807, 2.05) is 37.3 Å². The fourth-order valence-corrected chi connectivity index (χ4v) is 2.27. The van der Waals surface area contributed by atoms with Gasteiger partial charge in [-0.25, -0.2) is 0 Å². The lowest BCUT2D eigenvalue weighted by molar-refractivity contribution is -0.128. The number of amides is 1. The van der Waals surface area contributed by atoms with Gasteiger partial charge in [0.25, 0.3) is 5.91 Å². The lowest BCUT2D eigenvalue weighted by Gasteiger charge is -2.33. The van der Waals surface area contributed by atoms with Crippen LogP contribution in [0.2, 0.25) is 0 Å². The number of ketones is 1. The number of nitrogens with zero attached hydrogens (tertiary/aromatic N) is 1. The molecule has 1 aliphatic rings. The van der Waals surface area contributed by atoms with Crippen molar-refractivity contribution in [3.05, 3.63) is 41.0 Å². The van der Waals surface area contributed by atoms with Gasteiger partial charge in [-0.2, -0.15) is 5.26 Å². The van der Waals surface area contributed by atoms with Crippen LogP contribution in [-0.2, 0) is 9.59 Å².